The Hall–Kier alpha value is -4.65. The molecule has 49 heavy (non-hydrogen) atoms. The third kappa shape index (κ3) is 7.08. The number of halogens is 2. The van der Waals surface area contributed by atoms with E-state index in [1.54, 1.807) is 31.5 Å². The zero-order valence-corrected chi connectivity index (χ0v) is 27.2. The number of piperazine rings is 1. The van der Waals surface area contributed by atoms with E-state index in [-0.39, 0.29) is 30.2 Å². The number of likely N-dealkylation sites (tertiary alicyclic amines) is 1. The largest absolute Gasteiger partial charge is 0.483 e. The predicted octanol–water partition coefficient (Wildman–Crippen LogP) is 3.48. The molecule has 4 aliphatic rings. The number of nitrogens with zero attached hydrogens (tertiary/aromatic N) is 7. The number of ether oxygens (including phenoxy) is 4. The minimum Gasteiger partial charge on any atom is -0.483 e. The zero-order chi connectivity index (χ0) is 34.0. The van der Waals surface area contributed by atoms with Crippen LogP contribution < -0.4 is 19.7 Å². The molecule has 1 unspecified atom stereocenters. The number of hydrogen-bond donors (Lipinski definition) is 1. The van der Waals surface area contributed by atoms with Crippen LogP contribution in [-0.2, 0) is 14.3 Å². The van der Waals surface area contributed by atoms with Gasteiger partial charge in [-0.15, -0.1) is 0 Å². The molecule has 1 amide bonds. The van der Waals surface area contributed by atoms with Crippen molar-refractivity contribution in [3.05, 3.63) is 48.2 Å². The van der Waals surface area contributed by atoms with Crippen LogP contribution in [0, 0.1) is 11.3 Å². The van der Waals surface area contributed by atoms with Crippen LogP contribution in [0.5, 0.6) is 11.6 Å². The highest BCUT2D eigenvalue weighted by Gasteiger charge is 2.49. The maximum absolute atomic E-state index is 15.2. The quantitative estimate of drug-likeness (QED) is 0.355. The van der Waals surface area contributed by atoms with E-state index in [0.717, 1.165) is 56.4 Å². The summed E-state index contributed by atoms with van der Waals surface area (Å²) >= 11 is 0. The van der Waals surface area contributed by atoms with Gasteiger partial charge in [0, 0.05) is 57.5 Å². The summed E-state index contributed by atoms with van der Waals surface area (Å²) in [5.41, 5.74) is 2.08. The second-order valence-corrected chi connectivity index (χ2v) is 12.6. The smallest absolute Gasteiger partial charge is 0.301 e. The molecule has 1 aromatic carbocycles. The summed E-state index contributed by atoms with van der Waals surface area (Å²) in [7, 11) is 1.59. The molecule has 4 fully saturated rings. The number of methoxy groups -OCH3 is 1. The van der Waals surface area contributed by atoms with E-state index in [0.29, 0.717) is 42.0 Å². The van der Waals surface area contributed by atoms with Crippen molar-refractivity contribution in [2.24, 2.45) is 0 Å². The molecule has 0 bridgehead atoms. The molecule has 4 aliphatic heterocycles. The SMILES string of the molecule is COc1nc(Nc2nccc(-c3ccc(OC4CCN(C(=O)[C@@H]5CCCO5)CC4(F)F)c(C#N)c3)n2)ccc1N1CCN(C2COC2)CC1. The molecule has 0 radical (unpaired) electrons. The lowest BCUT2D eigenvalue weighted by molar-refractivity contribution is -0.166. The minimum absolute atomic E-state index is 0.0390. The molecule has 2 atom stereocenters. The molecule has 3 aromatic rings. The summed E-state index contributed by atoms with van der Waals surface area (Å²) in [6.07, 6.45) is 0.625. The Morgan fingerprint density at radius 1 is 1.08 bits per heavy atom. The summed E-state index contributed by atoms with van der Waals surface area (Å²) in [5, 5.41) is 13.0. The third-order valence-electron chi connectivity index (χ3n) is 9.44. The van der Waals surface area contributed by atoms with Crippen LogP contribution in [0.25, 0.3) is 11.3 Å². The standard InChI is InChI=1S/C34H38F2N8O5/c1-46-31-26(43-14-12-42(13-15-43)24-19-47-20-24)5-7-30(40-31)41-33-38-10-8-25(39-33)22-4-6-27(23(17-22)18-37)49-29-9-11-44(21-34(29,35)36)32(45)28-3-2-16-48-28/h4-8,10,17,24,28-29H,2-3,9,11-16,19-21H2,1H3,(H,38,39,40,41)/t28-,29?/m0/s1. The molecule has 7 rings (SSSR count). The number of nitrogens with one attached hydrogen (secondary N) is 1. The summed E-state index contributed by atoms with van der Waals surface area (Å²) in [5.74, 6) is -2.42. The summed E-state index contributed by atoms with van der Waals surface area (Å²) < 4.78 is 52.5. The van der Waals surface area contributed by atoms with Gasteiger partial charge in [0.2, 0.25) is 11.8 Å². The first-order chi connectivity index (χ1) is 23.8. The number of hydrogen-bond acceptors (Lipinski definition) is 12. The molecule has 6 heterocycles. The van der Waals surface area contributed by atoms with Crippen molar-refractivity contribution in [2.75, 3.05) is 76.4 Å². The van der Waals surface area contributed by atoms with Crippen molar-refractivity contribution in [3.63, 3.8) is 0 Å². The van der Waals surface area contributed by atoms with Gasteiger partial charge >= 0.3 is 5.92 Å². The van der Waals surface area contributed by atoms with Gasteiger partial charge in [-0.2, -0.15) is 10.2 Å². The molecule has 0 saturated carbocycles. The van der Waals surface area contributed by atoms with Gasteiger partial charge in [0.1, 0.15) is 29.4 Å². The Labute approximate surface area is 282 Å². The van der Waals surface area contributed by atoms with Crippen LogP contribution in [0.2, 0.25) is 0 Å². The van der Waals surface area contributed by atoms with Gasteiger partial charge < -0.3 is 34.1 Å². The number of pyridine rings is 1. The fourth-order valence-electron chi connectivity index (χ4n) is 6.61. The van der Waals surface area contributed by atoms with E-state index < -0.39 is 30.6 Å². The molecule has 0 spiro atoms. The van der Waals surface area contributed by atoms with Crippen LogP contribution in [0.15, 0.2) is 42.6 Å². The van der Waals surface area contributed by atoms with Crippen LogP contribution in [0.1, 0.15) is 24.8 Å². The third-order valence-corrected chi connectivity index (χ3v) is 9.44. The average molecular weight is 677 g/mol. The Kier molecular flexibility index (Phi) is 9.44. The Morgan fingerprint density at radius 2 is 1.92 bits per heavy atom. The molecule has 4 saturated heterocycles. The summed E-state index contributed by atoms with van der Waals surface area (Å²) in [4.78, 5) is 32.1. The van der Waals surface area contributed by atoms with Crippen molar-refractivity contribution < 1.29 is 32.5 Å². The number of carbonyl (C=O) groups is 1. The maximum Gasteiger partial charge on any atom is 0.301 e. The highest BCUT2D eigenvalue weighted by molar-refractivity contribution is 5.81. The molecule has 0 aliphatic carbocycles. The van der Waals surface area contributed by atoms with Gasteiger partial charge in [-0.05, 0) is 49.2 Å². The van der Waals surface area contributed by atoms with E-state index >= 15 is 8.78 Å². The van der Waals surface area contributed by atoms with Crippen LogP contribution in [0.4, 0.5) is 26.2 Å². The zero-order valence-electron chi connectivity index (χ0n) is 27.2. The number of rotatable bonds is 9. The second kappa shape index (κ2) is 14.1. The van der Waals surface area contributed by atoms with Crippen LogP contribution in [0.3, 0.4) is 0 Å². The van der Waals surface area contributed by atoms with E-state index in [1.807, 2.05) is 12.1 Å². The van der Waals surface area contributed by atoms with Gasteiger partial charge in [-0.25, -0.2) is 18.7 Å². The topological polar surface area (TPSA) is 138 Å². The first-order valence-electron chi connectivity index (χ1n) is 16.5. The molecule has 13 nitrogen and oxygen atoms in total. The number of anilines is 3. The Balaban J connectivity index is 1.00. The number of aromatic nitrogens is 3. The fourth-order valence-corrected chi connectivity index (χ4v) is 6.61. The molecular formula is C34H38F2N8O5. The molecule has 2 aromatic heterocycles. The lowest BCUT2D eigenvalue weighted by atomic mass is 10.0. The number of piperidine rings is 1. The van der Waals surface area contributed by atoms with Gasteiger partial charge in [0.25, 0.3) is 5.91 Å². The van der Waals surface area contributed by atoms with E-state index in [1.165, 1.54) is 6.07 Å². The molecular weight excluding hydrogens is 638 g/mol. The van der Waals surface area contributed by atoms with Crippen molar-refractivity contribution in [1.29, 1.82) is 5.26 Å². The molecule has 15 heteroatoms. The summed E-state index contributed by atoms with van der Waals surface area (Å²) in [6.45, 7) is 5.04. The highest BCUT2D eigenvalue weighted by atomic mass is 19.3. The van der Waals surface area contributed by atoms with Gasteiger partial charge in [0.15, 0.2) is 6.10 Å². The second-order valence-electron chi connectivity index (χ2n) is 12.6. The van der Waals surface area contributed by atoms with Gasteiger partial charge in [-0.1, -0.05) is 0 Å². The van der Waals surface area contributed by atoms with Crippen molar-refractivity contribution in [3.8, 4) is 29.0 Å². The fraction of sp³-hybridized carbons (Fsp3) is 0.500. The van der Waals surface area contributed by atoms with E-state index in [9.17, 15) is 10.1 Å². The number of benzene rings is 1. The van der Waals surface area contributed by atoms with E-state index in [2.05, 4.69) is 36.1 Å². The predicted molar refractivity (Wildman–Crippen MR) is 174 cm³/mol. The molecule has 1 N–H and O–H groups in total. The molecule has 258 valence electrons. The minimum atomic E-state index is -3.31. The first-order valence-corrected chi connectivity index (χ1v) is 16.5. The maximum atomic E-state index is 15.2. The summed E-state index contributed by atoms with van der Waals surface area (Å²) in [6, 6.07) is 12.8. The average Bonchev–Trinajstić information content (AvgIpc) is 3.64. The van der Waals surface area contributed by atoms with E-state index in [4.69, 9.17) is 18.9 Å². The normalized spacial score (nSPS) is 22.7. The first kappa shape index (κ1) is 32.9. The van der Waals surface area contributed by atoms with Crippen LogP contribution in [-0.4, -0.2) is 121 Å². The van der Waals surface area contributed by atoms with Crippen molar-refractivity contribution in [1.82, 2.24) is 24.8 Å². The van der Waals surface area contributed by atoms with Gasteiger partial charge in [-0.3, -0.25) is 9.69 Å². The Morgan fingerprint density at radius 3 is 2.61 bits per heavy atom. The Bertz CT molecular complexity index is 1710. The number of nitriles is 1. The van der Waals surface area contributed by atoms with Gasteiger partial charge in [0.05, 0.1) is 44.2 Å². The number of carbonyl (C=O) groups excluding carboxylic acids is 1. The van der Waals surface area contributed by atoms with Crippen LogP contribution >= 0.6 is 0 Å². The number of alkyl halides is 2. The highest BCUT2D eigenvalue weighted by Crippen LogP contribution is 2.35. The monoisotopic (exact) mass is 676 g/mol. The lowest BCUT2D eigenvalue weighted by Gasteiger charge is -2.43. The lowest BCUT2D eigenvalue weighted by Crippen LogP contribution is -2.57. The number of amides is 1. The van der Waals surface area contributed by atoms with Crippen molar-refractivity contribution in [2.45, 2.75) is 43.4 Å². The van der Waals surface area contributed by atoms with Crippen molar-refractivity contribution >= 4 is 23.4 Å².